The van der Waals surface area contributed by atoms with Gasteiger partial charge in [0.1, 0.15) is 5.82 Å². The van der Waals surface area contributed by atoms with E-state index in [0.29, 0.717) is 37.6 Å². The van der Waals surface area contributed by atoms with Gasteiger partial charge in [0.25, 0.3) is 11.8 Å². The molecule has 10 nitrogen and oxygen atoms in total. The number of para-hydroxylation sites is 1. The lowest BCUT2D eigenvalue weighted by molar-refractivity contribution is -0.138. The number of nitrogens with one attached hydrogen (secondary N) is 2. The highest BCUT2D eigenvalue weighted by Gasteiger charge is 2.70. The molecule has 6 atom stereocenters. The first-order valence-corrected chi connectivity index (χ1v) is 20.8. The fourth-order valence-electron chi connectivity index (χ4n) is 9.61. The third-order valence-corrected chi connectivity index (χ3v) is 14.6. The summed E-state index contributed by atoms with van der Waals surface area (Å²) in [6.45, 7) is 0. The van der Waals surface area contributed by atoms with E-state index < -0.39 is 58.5 Å². The smallest absolute Gasteiger partial charge is 0.260 e. The standard InChI is InChI=1S/C45H34Br2ClFN4O6/c1-59-35-22-33(38(46)39(47)40(35)54)37-30-19-20-31-36(43(57)52(41(31)55)29-17-15-27(16-18-29)50-26-5-3-2-4-6-26)32(30)21-34-42(56)53(51-28-13-11-25(49)12-14-28)44(58)45(34,37)23-7-9-24(48)10-8-23/h2-19,22,31-32,34,36-37,50-51,54H,20-21H2,1H3/t31-,32+,34-,36-,37+,45+/m0/s1. The third-order valence-electron chi connectivity index (χ3n) is 12.1. The Morgan fingerprint density at radius 1 is 0.814 bits per heavy atom. The maximum atomic E-state index is 15.5. The average Bonchev–Trinajstić information content (AvgIpc) is 3.62. The van der Waals surface area contributed by atoms with Crippen LogP contribution in [0.5, 0.6) is 11.5 Å². The first-order chi connectivity index (χ1) is 28.4. The molecule has 0 spiro atoms. The molecule has 14 heteroatoms. The van der Waals surface area contributed by atoms with Crippen LogP contribution in [0.1, 0.15) is 29.9 Å². The molecule has 2 heterocycles. The minimum atomic E-state index is -1.64. The second-order valence-corrected chi connectivity index (χ2v) is 17.1. The zero-order valence-electron chi connectivity index (χ0n) is 31.2. The number of fused-ring (bicyclic) bond motifs is 4. The van der Waals surface area contributed by atoms with Crippen molar-refractivity contribution in [1.82, 2.24) is 5.01 Å². The molecule has 2 aliphatic carbocycles. The Balaban J connectivity index is 1.19. The van der Waals surface area contributed by atoms with Crippen LogP contribution in [0.4, 0.5) is 27.1 Å². The topological polar surface area (TPSA) is 128 Å². The Morgan fingerprint density at radius 2 is 1.47 bits per heavy atom. The van der Waals surface area contributed by atoms with Gasteiger partial charge in [-0.05, 0) is 141 Å². The Morgan fingerprint density at radius 3 is 2.15 bits per heavy atom. The van der Waals surface area contributed by atoms with Gasteiger partial charge in [0.2, 0.25) is 11.8 Å². The molecule has 3 fully saturated rings. The fourth-order valence-corrected chi connectivity index (χ4v) is 10.7. The number of ether oxygens (including phenoxy) is 1. The number of anilines is 4. The summed E-state index contributed by atoms with van der Waals surface area (Å²) in [5, 5.41) is 15.8. The summed E-state index contributed by atoms with van der Waals surface area (Å²) in [5.74, 6) is -6.67. The number of nitrogens with zero attached hydrogens (tertiary/aromatic N) is 2. The lowest BCUT2D eigenvalue weighted by Gasteiger charge is -2.51. The van der Waals surface area contributed by atoms with Crippen LogP contribution in [0.2, 0.25) is 5.02 Å². The number of carbonyl (C=O) groups excluding carboxylic acids is 4. The molecule has 3 N–H and O–H groups in total. The SMILES string of the molecule is COc1cc([C@H]2C3=CC[C@@H]4C(=O)N(c5ccc(Nc6ccccc6)cc5)C(=O)[C@@H]4[C@@H]3C[C@H]3C(=O)N(Nc4ccc(F)cc4)C(=O)[C@@]23c2ccc(Cl)cc2)c(Br)c(Br)c1O. The summed E-state index contributed by atoms with van der Waals surface area (Å²) in [7, 11) is 1.41. The van der Waals surface area contributed by atoms with Gasteiger partial charge in [-0.15, -0.1) is 0 Å². The van der Waals surface area contributed by atoms with E-state index in [4.69, 9.17) is 16.3 Å². The molecule has 5 aromatic carbocycles. The molecule has 1 saturated carbocycles. The second kappa shape index (κ2) is 15.0. The van der Waals surface area contributed by atoms with Crippen LogP contribution in [0.25, 0.3) is 0 Å². The number of benzene rings is 5. The molecule has 59 heavy (non-hydrogen) atoms. The van der Waals surface area contributed by atoms with Crippen LogP contribution in [0, 0.1) is 29.5 Å². The Labute approximate surface area is 360 Å². The minimum absolute atomic E-state index is 0.0547. The number of halogens is 4. The van der Waals surface area contributed by atoms with E-state index in [1.54, 1.807) is 42.5 Å². The first kappa shape index (κ1) is 39.0. The summed E-state index contributed by atoms with van der Waals surface area (Å²) in [4.78, 5) is 60.9. The zero-order valence-corrected chi connectivity index (χ0v) is 35.1. The Bertz CT molecular complexity index is 2580. The molecule has 9 rings (SSSR count). The van der Waals surface area contributed by atoms with E-state index in [-0.39, 0.29) is 34.7 Å². The number of carbonyl (C=O) groups is 4. The number of methoxy groups -OCH3 is 1. The summed E-state index contributed by atoms with van der Waals surface area (Å²) in [6, 6.07) is 30.4. The van der Waals surface area contributed by atoms with Gasteiger partial charge in [-0.1, -0.05) is 53.6 Å². The van der Waals surface area contributed by atoms with Crippen molar-refractivity contribution in [3.05, 3.63) is 152 Å². The van der Waals surface area contributed by atoms with E-state index in [1.165, 1.54) is 36.3 Å². The van der Waals surface area contributed by atoms with Crippen molar-refractivity contribution < 1.29 is 33.4 Å². The molecule has 298 valence electrons. The van der Waals surface area contributed by atoms with Crippen molar-refractivity contribution >= 4 is 89.8 Å². The van der Waals surface area contributed by atoms with Crippen molar-refractivity contribution in [3.63, 3.8) is 0 Å². The highest BCUT2D eigenvalue weighted by molar-refractivity contribution is 9.13. The van der Waals surface area contributed by atoms with Gasteiger partial charge in [-0.2, -0.15) is 5.01 Å². The minimum Gasteiger partial charge on any atom is -0.503 e. The monoisotopic (exact) mass is 938 g/mol. The number of rotatable bonds is 8. The molecule has 0 radical (unpaired) electrons. The number of amides is 4. The van der Waals surface area contributed by atoms with Gasteiger partial charge in [-0.25, -0.2) is 4.39 Å². The number of hydrogen-bond acceptors (Lipinski definition) is 8. The van der Waals surface area contributed by atoms with Crippen LogP contribution >= 0.6 is 43.5 Å². The number of aromatic hydroxyl groups is 1. The number of phenolic OH excluding ortho intramolecular Hbond substituents is 1. The van der Waals surface area contributed by atoms with Crippen molar-refractivity contribution in [1.29, 1.82) is 0 Å². The highest BCUT2D eigenvalue weighted by atomic mass is 79.9. The largest absolute Gasteiger partial charge is 0.503 e. The highest BCUT2D eigenvalue weighted by Crippen LogP contribution is 2.65. The molecule has 0 aromatic heterocycles. The molecule has 2 saturated heterocycles. The average molecular weight is 941 g/mol. The van der Waals surface area contributed by atoms with E-state index >= 15 is 9.59 Å². The van der Waals surface area contributed by atoms with Crippen LogP contribution in [-0.2, 0) is 24.6 Å². The predicted octanol–water partition coefficient (Wildman–Crippen LogP) is 9.65. The summed E-state index contributed by atoms with van der Waals surface area (Å²) >= 11 is 13.6. The van der Waals surface area contributed by atoms with E-state index in [9.17, 15) is 19.1 Å². The van der Waals surface area contributed by atoms with Gasteiger partial charge in [0.05, 0.1) is 46.1 Å². The van der Waals surface area contributed by atoms with Gasteiger partial charge < -0.3 is 15.2 Å². The Kier molecular flexibility index (Phi) is 9.88. The summed E-state index contributed by atoms with van der Waals surface area (Å²) in [6.07, 6.45) is 2.20. The lowest BCUT2D eigenvalue weighted by atomic mass is 9.49. The molecular weight excluding hydrogens is 907 g/mol. The van der Waals surface area contributed by atoms with Gasteiger partial charge >= 0.3 is 0 Å². The summed E-state index contributed by atoms with van der Waals surface area (Å²) in [5.41, 5.74) is 5.40. The molecule has 4 amide bonds. The molecule has 0 bridgehead atoms. The van der Waals surface area contributed by atoms with Crippen molar-refractivity contribution in [3.8, 4) is 11.5 Å². The van der Waals surface area contributed by atoms with E-state index in [2.05, 4.69) is 42.6 Å². The van der Waals surface area contributed by atoms with Crippen molar-refractivity contribution in [2.24, 2.45) is 23.7 Å². The van der Waals surface area contributed by atoms with Crippen LogP contribution in [-0.4, -0.2) is 40.9 Å². The van der Waals surface area contributed by atoms with E-state index in [1.807, 2.05) is 48.5 Å². The number of phenols is 1. The molecule has 0 unspecified atom stereocenters. The van der Waals surface area contributed by atoms with Crippen LogP contribution in [0.15, 0.2) is 130 Å². The summed E-state index contributed by atoms with van der Waals surface area (Å²) < 4.78 is 20.3. The van der Waals surface area contributed by atoms with Crippen molar-refractivity contribution in [2.45, 2.75) is 24.2 Å². The molecule has 4 aliphatic rings. The Hall–Kier alpha value is -5.50. The van der Waals surface area contributed by atoms with Crippen LogP contribution < -0.4 is 20.4 Å². The third kappa shape index (κ3) is 6.15. The number of imide groups is 2. The maximum absolute atomic E-state index is 15.5. The second-order valence-electron chi connectivity index (χ2n) is 15.1. The van der Waals surface area contributed by atoms with Gasteiger partial charge in [0, 0.05) is 26.8 Å². The fraction of sp³-hybridized carbons (Fsp3) is 0.200. The number of hydrazine groups is 1. The van der Waals surface area contributed by atoms with Crippen LogP contribution in [0.3, 0.4) is 0 Å². The van der Waals surface area contributed by atoms with Gasteiger partial charge in [-0.3, -0.25) is 29.5 Å². The quantitative estimate of drug-likeness (QED) is 0.104. The van der Waals surface area contributed by atoms with E-state index in [0.717, 1.165) is 16.4 Å². The van der Waals surface area contributed by atoms with Crippen molar-refractivity contribution in [2.75, 3.05) is 22.8 Å². The maximum Gasteiger partial charge on any atom is 0.260 e. The van der Waals surface area contributed by atoms with Gasteiger partial charge in [0.15, 0.2) is 11.5 Å². The zero-order chi connectivity index (χ0) is 41.3. The molecule has 2 aliphatic heterocycles. The first-order valence-electron chi connectivity index (χ1n) is 18.8. The molecular formula is C45H34Br2ClFN4O6. The predicted molar refractivity (Wildman–Crippen MR) is 228 cm³/mol. The normalized spacial score (nSPS) is 24.7. The molecule has 5 aromatic rings. The lowest BCUT2D eigenvalue weighted by Crippen LogP contribution is -2.53. The number of allylic oxidation sites excluding steroid dienone is 2. The number of hydrogen-bond donors (Lipinski definition) is 3.